The van der Waals surface area contributed by atoms with Gasteiger partial charge in [-0.2, -0.15) is 0 Å². The predicted octanol–water partition coefficient (Wildman–Crippen LogP) is 1.10. The van der Waals surface area contributed by atoms with Gasteiger partial charge in [-0.1, -0.05) is 0 Å². The van der Waals surface area contributed by atoms with Crippen molar-refractivity contribution in [2.75, 3.05) is 0 Å². The van der Waals surface area contributed by atoms with Gasteiger partial charge in [-0.25, -0.2) is 4.98 Å². The molecule has 0 unspecified atom stereocenters. The first-order chi connectivity index (χ1) is 7.83. The van der Waals surface area contributed by atoms with E-state index in [1.807, 2.05) is 0 Å². The molecule has 1 saturated carbocycles. The van der Waals surface area contributed by atoms with Crippen LogP contribution in [0.1, 0.15) is 24.6 Å². The zero-order valence-electron chi connectivity index (χ0n) is 8.55. The fraction of sp³-hybridized carbons (Fsp3) is 0.273. The van der Waals surface area contributed by atoms with E-state index in [2.05, 4.69) is 19.9 Å². The van der Waals surface area contributed by atoms with Gasteiger partial charge in [-0.05, 0) is 12.8 Å². The molecule has 80 valence electrons. The minimum absolute atomic E-state index is 0.127. The van der Waals surface area contributed by atoms with Crippen molar-refractivity contribution < 1.29 is 0 Å². The van der Waals surface area contributed by atoms with Crippen molar-refractivity contribution in [3.63, 3.8) is 0 Å². The third-order valence-electron chi connectivity index (χ3n) is 2.55. The third-order valence-corrected chi connectivity index (χ3v) is 2.55. The molecule has 0 bridgehead atoms. The molecule has 0 spiro atoms. The smallest absolute Gasteiger partial charge is 0.251 e. The number of hydrogen-bond acceptors (Lipinski definition) is 4. The minimum atomic E-state index is -0.127. The highest BCUT2D eigenvalue weighted by molar-refractivity contribution is 5.51. The van der Waals surface area contributed by atoms with Crippen LogP contribution in [0, 0.1) is 0 Å². The number of aromatic amines is 1. The fourth-order valence-electron chi connectivity index (χ4n) is 1.59. The van der Waals surface area contributed by atoms with Crippen molar-refractivity contribution >= 4 is 0 Å². The molecule has 16 heavy (non-hydrogen) atoms. The lowest BCUT2D eigenvalue weighted by Crippen LogP contribution is -2.10. The van der Waals surface area contributed by atoms with Crippen LogP contribution < -0.4 is 5.56 Å². The predicted molar refractivity (Wildman–Crippen MR) is 57.9 cm³/mol. The second kappa shape index (κ2) is 3.52. The minimum Gasteiger partial charge on any atom is -0.310 e. The standard InChI is InChI=1S/C11H10N4O/c16-10-5-8(9-6-12-3-4-13-9)14-11(15-10)7-1-2-7/h3-7H,1-2H2,(H,14,15,16). The second-order valence-electron chi connectivity index (χ2n) is 3.88. The Hall–Kier alpha value is -2.04. The Morgan fingerprint density at radius 3 is 2.81 bits per heavy atom. The van der Waals surface area contributed by atoms with E-state index in [0.29, 0.717) is 17.3 Å². The van der Waals surface area contributed by atoms with E-state index in [1.165, 1.54) is 6.07 Å². The Labute approximate surface area is 91.6 Å². The van der Waals surface area contributed by atoms with E-state index in [9.17, 15) is 4.79 Å². The third kappa shape index (κ3) is 1.71. The van der Waals surface area contributed by atoms with Gasteiger partial charge in [0.1, 0.15) is 11.5 Å². The molecule has 1 aliphatic carbocycles. The number of hydrogen-bond donors (Lipinski definition) is 1. The Morgan fingerprint density at radius 1 is 1.25 bits per heavy atom. The van der Waals surface area contributed by atoms with Crippen LogP contribution in [0.5, 0.6) is 0 Å². The lowest BCUT2D eigenvalue weighted by atomic mass is 10.3. The molecule has 2 aromatic rings. The number of H-pyrrole nitrogens is 1. The summed E-state index contributed by atoms with van der Waals surface area (Å²) in [5.74, 6) is 1.19. The average molecular weight is 214 g/mol. The zero-order valence-corrected chi connectivity index (χ0v) is 8.55. The van der Waals surface area contributed by atoms with Crippen LogP contribution in [0.15, 0.2) is 29.5 Å². The second-order valence-corrected chi connectivity index (χ2v) is 3.88. The van der Waals surface area contributed by atoms with Crippen molar-refractivity contribution in [2.24, 2.45) is 0 Å². The first-order valence-corrected chi connectivity index (χ1v) is 5.20. The number of rotatable bonds is 2. The SMILES string of the molecule is O=c1cc(-c2cnccn2)nc(C2CC2)[nH]1. The maximum absolute atomic E-state index is 11.5. The van der Waals surface area contributed by atoms with Crippen LogP contribution in [0.4, 0.5) is 0 Å². The van der Waals surface area contributed by atoms with Crippen molar-refractivity contribution in [1.29, 1.82) is 0 Å². The van der Waals surface area contributed by atoms with E-state index in [4.69, 9.17) is 0 Å². The van der Waals surface area contributed by atoms with Crippen molar-refractivity contribution in [3.8, 4) is 11.4 Å². The van der Waals surface area contributed by atoms with E-state index in [1.54, 1.807) is 18.6 Å². The lowest BCUT2D eigenvalue weighted by Gasteiger charge is -2.01. The van der Waals surface area contributed by atoms with Crippen LogP contribution in [0.25, 0.3) is 11.4 Å². The summed E-state index contributed by atoms with van der Waals surface area (Å²) in [6, 6.07) is 1.45. The molecule has 1 fully saturated rings. The average Bonchev–Trinajstić information content (AvgIpc) is 3.13. The molecule has 2 aromatic heterocycles. The van der Waals surface area contributed by atoms with Crippen LogP contribution >= 0.6 is 0 Å². The Kier molecular flexibility index (Phi) is 2.02. The fourth-order valence-corrected chi connectivity index (χ4v) is 1.59. The van der Waals surface area contributed by atoms with E-state index < -0.39 is 0 Å². The molecule has 5 nitrogen and oxygen atoms in total. The topological polar surface area (TPSA) is 71.5 Å². The zero-order chi connectivity index (χ0) is 11.0. The Balaban J connectivity index is 2.10. The van der Waals surface area contributed by atoms with Gasteiger partial charge in [0, 0.05) is 24.4 Å². The van der Waals surface area contributed by atoms with E-state index in [-0.39, 0.29) is 5.56 Å². The highest BCUT2D eigenvalue weighted by atomic mass is 16.1. The maximum atomic E-state index is 11.5. The van der Waals surface area contributed by atoms with Crippen molar-refractivity contribution in [2.45, 2.75) is 18.8 Å². The molecule has 0 radical (unpaired) electrons. The Bertz CT molecular complexity index is 560. The lowest BCUT2D eigenvalue weighted by molar-refractivity contribution is 0.909. The number of nitrogens with one attached hydrogen (secondary N) is 1. The first kappa shape index (κ1) is 9.21. The molecule has 0 saturated heterocycles. The molecule has 0 aliphatic heterocycles. The van der Waals surface area contributed by atoms with Gasteiger partial charge in [0.15, 0.2) is 0 Å². The van der Waals surface area contributed by atoms with Crippen LogP contribution in [0.2, 0.25) is 0 Å². The van der Waals surface area contributed by atoms with Gasteiger partial charge < -0.3 is 4.98 Å². The van der Waals surface area contributed by atoms with Crippen LogP contribution in [0.3, 0.4) is 0 Å². The molecule has 0 amide bonds. The summed E-state index contributed by atoms with van der Waals surface area (Å²) in [6.45, 7) is 0. The van der Waals surface area contributed by atoms with E-state index in [0.717, 1.165) is 18.7 Å². The van der Waals surface area contributed by atoms with Crippen LogP contribution in [-0.2, 0) is 0 Å². The molecular formula is C11H10N4O. The summed E-state index contributed by atoms with van der Waals surface area (Å²) in [4.78, 5) is 26.7. The number of aromatic nitrogens is 4. The van der Waals surface area contributed by atoms with Gasteiger partial charge in [-0.3, -0.25) is 14.8 Å². The highest BCUT2D eigenvalue weighted by Gasteiger charge is 2.26. The quantitative estimate of drug-likeness (QED) is 0.812. The normalized spacial score (nSPS) is 15.0. The molecule has 5 heteroatoms. The molecule has 2 heterocycles. The molecule has 1 aliphatic rings. The molecule has 0 atom stereocenters. The summed E-state index contributed by atoms with van der Waals surface area (Å²) < 4.78 is 0. The number of nitrogens with zero attached hydrogens (tertiary/aromatic N) is 3. The first-order valence-electron chi connectivity index (χ1n) is 5.20. The summed E-state index contributed by atoms with van der Waals surface area (Å²) in [5, 5.41) is 0. The maximum Gasteiger partial charge on any atom is 0.251 e. The van der Waals surface area contributed by atoms with Gasteiger partial charge in [0.05, 0.1) is 11.9 Å². The van der Waals surface area contributed by atoms with Gasteiger partial charge in [0.2, 0.25) is 0 Å². The van der Waals surface area contributed by atoms with Crippen molar-refractivity contribution in [1.82, 2.24) is 19.9 Å². The summed E-state index contributed by atoms with van der Waals surface area (Å²) >= 11 is 0. The van der Waals surface area contributed by atoms with E-state index >= 15 is 0 Å². The summed E-state index contributed by atoms with van der Waals surface area (Å²) in [7, 11) is 0. The molecule has 3 rings (SSSR count). The summed E-state index contributed by atoms with van der Waals surface area (Å²) in [5.41, 5.74) is 1.10. The summed E-state index contributed by atoms with van der Waals surface area (Å²) in [6.07, 6.45) is 7.01. The van der Waals surface area contributed by atoms with Crippen molar-refractivity contribution in [3.05, 3.63) is 40.8 Å². The van der Waals surface area contributed by atoms with Crippen LogP contribution in [-0.4, -0.2) is 19.9 Å². The largest absolute Gasteiger partial charge is 0.310 e. The molecule has 1 N–H and O–H groups in total. The van der Waals surface area contributed by atoms with Gasteiger partial charge in [-0.15, -0.1) is 0 Å². The van der Waals surface area contributed by atoms with Gasteiger partial charge in [0.25, 0.3) is 5.56 Å². The highest BCUT2D eigenvalue weighted by Crippen LogP contribution is 2.37. The monoisotopic (exact) mass is 214 g/mol. The molecular weight excluding hydrogens is 204 g/mol. The Morgan fingerprint density at radius 2 is 2.12 bits per heavy atom. The molecule has 0 aromatic carbocycles. The van der Waals surface area contributed by atoms with Gasteiger partial charge >= 0.3 is 0 Å².